The summed E-state index contributed by atoms with van der Waals surface area (Å²) in [5.41, 5.74) is 4.77. The van der Waals surface area contributed by atoms with Gasteiger partial charge in [-0.25, -0.2) is 9.36 Å². The first kappa shape index (κ1) is 19.1. The Kier molecular flexibility index (Phi) is 4.70. The Hall–Kier alpha value is -2.92. The smallest absolute Gasteiger partial charge is 0.280 e. The Morgan fingerprint density at radius 3 is 2.33 bits per heavy atom. The number of benzene rings is 2. The summed E-state index contributed by atoms with van der Waals surface area (Å²) in [6, 6.07) is 16.0. The fraction of sp³-hybridized carbons (Fsp3) is 0.280. The predicted molar refractivity (Wildman–Crippen MR) is 123 cm³/mol. The molecule has 0 saturated heterocycles. The van der Waals surface area contributed by atoms with Crippen LogP contribution in [-0.2, 0) is 25.8 Å². The van der Waals surface area contributed by atoms with Gasteiger partial charge in [-0.2, -0.15) is 0 Å². The van der Waals surface area contributed by atoms with Crippen LogP contribution in [0.5, 0.6) is 0 Å². The highest BCUT2D eigenvalue weighted by molar-refractivity contribution is 7.18. The summed E-state index contributed by atoms with van der Waals surface area (Å²) in [5, 5.41) is 0.735. The summed E-state index contributed by atoms with van der Waals surface area (Å²) in [7, 11) is 0. The molecule has 1 aliphatic rings. The highest BCUT2D eigenvalue weighted by atomic mass is 32.1. The van der Waals surface area contributed by atoms with Gasteiger partial charge in [0.15, 0.2) is 0 Å². The number of thiophene rings is 1. The van der Waals surface area contributed by atoms with E-state index in [1.54, 1.807) is 15.9 Å². The van der Waals surface area contributed by atoms with Crippen LogP contribution in [0.25, 0.3) is 15.9 Å². The summed E-state index contributed by atoms with van der Waals surface area (Å²) < 4.78 is 3.15. The van der Waals surface area contributed by atoms with Crippen LogP contribution in [0.1, 0.15) is 40.5 Å². The molecule has 0 bridgehead atoms. The Balaban J connectivity index is 1.78. The lowest BCUT2D eigenvalue weighted by atomic mass is 10.1. The van der Waals surface area contributed by atoms with Gasteiger partial charge in [0.1, 0.15) is 4.83 Å². The van der Waals surface area contributed by atoms with Crippen molar-refractivity contribution in [3.05, 3.63) is 96.5 Å². The van der Waals surface area contributed by atoms with Crippen molar-refractivity contribution < 1.29 is 0 Å². The molecular weight excluding hydrogens is 392 g/mol. The molecule has 0 saturated carbocycles. The summed E-state index contributed by atoms with van der Waals surface area (Å²) in [4.78, 5) is 29.2. The highest BCUT2D eigenvalue weighted by Crippen LogP contribution is 2.35. The summed E-state index contributed by atoms with van der Waals surface area (Å²) in [6.07, 6.45) is 3.92. The van der Waals surface area contributed by atoms with E-state index in [0.29, 0.717) is 12.2 Å². The average molecular weight is 417 g/mol. The van der Waals surface area contributed by atoms with Crippen molar-refractivity contribution in [1.29, 1.82) is 0 Å². The second kappa shape index (κ2) is 7.40. The van der Waals surface area contributed by atoms with Crippen molar-refractivity contribution in [2.75, 3.05) is 0 Å². The Morgan fingerprint density at radius 2 is 1.63 bits per heavy atom. The minimum Gasteiger partial charge on any atom is -0.280 e. The molecule has 2 aromatic heterocycles. The van der Waals surface area contributed by atoms with Gasteiger partial charge in [-0.15, -0.1) is 11.3 Å². The number of aromatic nitrogens is 2. The molecule has 5 heteroatoms. The fourth-order valence-corrected chi connectivity index (χ4v) is 5.70. The predicted octanol–water partition coefficient (Wildman–Crippen LogP) is 4.62. The van der Waals surface area contributed by atoms with Crippen LogP contribution in [0.3, 0.4) is 0 Å². The standard InChI is InChI=1S/C25H24N2O2S/c1-3-17-11-13-19(14-12-17)27-23(28)22-20-5-4-6-21(20)30-24(22)26(25(27)29)15-18-9-7-16(2)8-10-18/h7-14H,3-6,15H2,1-2H3. The Labute approximate surface area is 179 Å². The van der Waals surface area contributed by atoms with E-state index in [1.807, 2.05) is 24.3 Å². The number of rotatable bonds is 4. The molecule has 2 heterocycles. The molecule has 152 valence electrons. The van der Waals surface area contributed by atoms with Crippen molar-refractivity contribution in [1.82, 2.24) is 9.13 Å². The van der Waals surface area contributed by atoms with E-state index < -0.39 is 0 Å². The number of nitrogens with zero attached hydrogens (tertiary/aromatic N) is 2. The third-order valence-electron chi connectivity index (χ3n) is 6.05. The fourth-order valence-electron chi connectivity index (χ4n) is 4.33. The van der Waals surface area contributed by atoms with Crippen LogP contribution in [-0.4, -0.2) is 9.13 Å². The van der Waals surface area contributed by atoms with Crippen LogP contribution in [0.2, 0.25) is 0 Å². The molecule has 0 atom stereocenters. The first-order valence-electron chi connectivity index (χ1n) is 10.5. The number of fused-ring (bicyclic) bond motifs is 3. The molecule has 0 radical (unpaired) electrons. The monoisotopic (exact) mass is 416 g/mol. The molecule has 4 nitrogen and oxygen atoms in total. The van der Waals surface area contributed by atoms with Crippen molar-refractivity contribution in [3.8, 4) is 5.69 Å². The zero-order valence-corrected chi connectivity index (χ0v) is 18.1. The maximum absolute atomic E-state index is 13.6. The highest BCUT2D eigenvalue weighted by Gasteiger charge is 2.25. The molecule has 1 aliphatic carbocycles. The van der Waals surface area contributed by atoms with E-state index in [1.165, 1.54) is 20.6 Å². The van der Waals surface area contributed by atoms with Crippen molar-refractivity contribution in [2.45, 2.75) is 46.1 Å². The molecule has 30 heavy (non-hydrogen) atoms. The average Bonchev–Trinajstić information content (AvgIpc) is 3.34. The van der Waals surface area contributed by atoms with Gasteiger partial charge in [0, 0.05) is 4.88 Å². The van der Waals surface area contributed by atoms with Crippen LogP contribution >= 0.6 is 11.3 Å². The van der Waals surface area contributed by atoms with Crippen molar-refractivity contribution in [3.63, 3.8) is 0 Å². The summed E-state index contributed by atoms with van der Waals surface area (Å²) in [5.74, 6) is 0. The van der Waals surface area contributed by atoms with Gasteiger partial charge < -0.3 is 0 Å². The van der Waals surface area contributed by atoms with Gasteiger partial charge in [-0.05, 0) is 61.4 Å². The molecule has 0 spiro atoms. The van der Waals surface area contributed by atoms with Crippen molar-refractivity contribution in [2.24, 2.45) is 0 Å². The van der Waals surface area contributed by atoms with Crippen LogP contribution in [0.4, 0.5) is 0 Å². The van der Waals surface area contributed by atoms with Crippen LogP contribution in [0, 0.1) is 6.92 Å². The normalized spacial score (nSPS) is 13.1. The lowest BCUT2D eigenvalue weighted by Gasteiger charge is -2.13. The molecule has 0 fully saturated rings. The van der Waals surface area contributed by atoms with Crippen LogP contribution < -0.4 is 11.2 Å². The molecule has 0 N–H and O–H groups in total. The second-order valence-corrected chi connectivity index (χ2v) is 9.14. The topological polar surface area (TPSA) is 44.0 Å². The first-order valence-corrected chi connectivity index (χ1v) is 11.3. The first-order chi connectivity index (χ1) is 14.6. The molecule has 5 rings (SSSR count). The maximum Gasteiger partial charge on any atom is 0.337 e. The molecule has 0 aliphatic heterocycles. The van der Waals surface area contributed by atoms with E-state index >= 15 is 0 Å². The van der Waals surface area contributed by atoms with Gasteiger partial charge >= 0.3 is 5.69 Å². The van der Waals surface area contributed by atoms with E-state index in [9.17, 15) is 9.59 Å². The van der Waals surface area contributed by atoms with Crippen molar-refractivity contribution >= 4 is 21.6 Å². The van der Waals surface area contributed by atoms with E-state index in [0.717, 1.165) is 47.0 Å². The van der Waals surface area contributed by atoms with Gasteiger partial charge in [-0.3, -0.25) is 9.36 Å². The number of hydrogen-bond donors (Lipinski definition) is 0. The lowest BCUT2D eigenvalue weighted by Crippen LogP contribution is -2.39. The Morgan fingerprint density at radius 1 is 0.933 bits per heavy atom. The SMILES string of the molecule is CCc1ccc(-n2c(=O)c3c4c(sc3n(Cc3ccc(C)cc3)c2=O)CCC4)cc1. The lowest BCUT2D eigenvalue weighted by molar-refractivity contribution is 0.718. The Bertz CT molecular complexity index is 1360. The quantitative estimate of drug-likeness (QED) is 0.487. The van der Waals surface area contributed by atoms with Gasteiger partial charge in [0.05, 0.1) is 17.6 Å². The zero-order chi connectivity index (χ0) is 20.8. The summed E-state index contributed by atoms with van der Waals surface area (Å²) in [6.45, 7) is 4.61. The third kappa shape index (κ3) is 3.05. The minimum atomic E-state index is -0.266. The number of aryl methyl sites for hydroxylation is 4. The molecule has 0 amide bonds. The molecule has 2 aromatic carbocycles. The minimum absolute atomic E-state index is 0.182. The van der Waals surface area contributed by atoms with E-state index in [-0.39, 0.29) is 11.2 Å². The van der Waals surface area contributed by atoms with Gasteiger partial charge in [0.2, 0.25) is 0 Å². The van der Waals surface area contributed by atoms with E-state index in [4.69, 9.17) is 0 Å². The largest absolute Gasteiger partial charge is 0.337 e. The molecule has 4 aromatic rings. The van der Waals surface area contributed by atoms with Gasteiger partial charge in [0.25, 0.3) is 5.56 Å². The molecule has 0 unspecified atom stereocenters. The maximum atomic E-state index is 13.6. The zero-order valence-electron chi connectivity index (χ0n) is 17.3. The van der Waals surface area contributed by atoms with Gasteiger partial charge in [-0.1, -0.05) is 48.9 Å². The summed E-state index contributed by atoms with van der Waals surface area (Å²) >= 11 is 1.62. The number of hydrogen-bond acceptors (Lipinski definition) is 3. The van der Waals surface area contributed by atoms with E-state index in [2.05, 4.69) is 38.1 Å². The second-order valence-electron chi connectivity index (χ2n) is 8.05. The third-order valence-corrected chi connectivity index (χ3v) is 7.37. The van der Waals surface area contributed by atoms with Crippen LogP contribution in [0.15, 0.2) is 58.1 Å². The molecular formula is C25H24N2O2S.